The maximum atomic E-state index is 12.4. The lowest BCUT2D eigenvalue weighted by atomic mass is 10.00. The fraction of sp³-hybridized carbons (Fsp3) is 0.211. The van der Waals surface area contributed by atoms with Crippen LogP contribution in [0, 0.1) is 0 Å². The van der Waals surface area contributed by atoms with Gasteiger partial charge in [-0.05, 0) is 42.2 Å². The summed E-state index contributed by atoms with van der Waals surface area (Å²) in [6.45, 7) is 4.19. The van der Waals surface area contributed by atoms with Crippen molar-refractivity contribution in [2.45, 2.75) is 13.5 Å². The summed E-state index contributed by atoms with van der Waals surface area (Å²) in [5.41, 5.74) is 1.73. The number of aryl methyl sites for hydroxylation is 1. The highest BCUT2D eigenvalue weighted by atomic mass is 28.3. The Kier molecular flexibility index (Phi) is 4.44. The Bertz CT molecular complexity index is 992. The Hall–Kier alpha value is -2.53. The smallest absolute Gasteiger partial charge is 0.308 e. The van der Waals surface area contributed by atoms with Gasteiger partial charge in [0.1, 0.15) is 5.75 Å². The van der Waals surface area contributed by atoms with Crippen LogP contribution in [0.5, 0.6) is 5.75 Å². The number of hydrogen-bond donors (Lipinski definition) is 0. The minimum absolute atomic E-state index is 0.0347. The number of rotatable bonds is 4. The summed E-state index contributed by atoms with van der Waals surface area (Å²) in [5, 5.41) is 2.33. The van der Waals surface area contributed by atoms with Gasteiger partial charge in [-0.1, -0.05) is 24.3 Å². The summed E-state index contributed by atoms with van der Waals surface area (Å²) >= 11 is 0. The Morgan fingerprint density at radius 3 is 2.46 bits per heavy atom. The SMILES string of the molecule is CCOc1ccc([Si](C)=O)cc1-c1cn(C)c(=O)c2ccccc12. The van der Waals surface area contributed by atoms with Crippen molar-refractivity contribution in [1.82, 2.24) is 4.57 Å². The first-order chi connectivity index (χ1) is 11.5. The van der Waals surface area contributed by atoms with E-state index in [1.165, 1.54) is 0 Å². The zero-order valence-corrected chi connectivity index (χ0v) is 15.0. The van der Waals surface area contributed by atoms with E-state index in [4.69, 9.17) is 4.74 Å². The topological polar surface area (TPSA) is 48.3 Å². The van der Waals surface area contributed by atoms with Crippen molar-refractivity contribution in [2.75, 3.05) is 6.61 Å². The standard InChI is InChI=1S/C19H19NO3Si/c1-4-23-18-10-9-13(24(3)22)11-16(18)17-12-20(2)19(21)15-8-6-5-7-14(15)17/h5-12H,4H2,1-3H3. The summed E-state index contributed by atoms with van der Waals surface area (Å²) in [4.78, 5) is 12.4. The number of benzene rings is 2. The lowest BCUT2D eigenvalue weighted by Gasteiger charge is -2.15. The summed E-state index contributed by atoms with van der Waals surface area (Å²) < 4.78 is 19.3. The summed E-state index contributed by atoms with van der Waals surface area (Å²) in [7, 11) is -0.0760. The largest absolute Gasteiger partial charge is 0.493 e. The molecule has 5 heteroatoms. The van der Waals surface area contributed by atoms with Crippen molar-refractivity contribution in [3.8, 4) is 16.9 Å². The summed E-state index contributed by atoms with van der Waals surface area (Å²) in [5.74, 6) is 0.730. The average Bonchev–Trinajstić information content (AvgIpc) is 2.59. The lowest BCUT2D eigenvalue weighted by molar-refractivity contribution is 0.341. The van der Waals surface area contributed by atoms with Crippen LogP contribution in [-0.4, -0.2) is 19.9 Å². The van der Waals surface area contributed by atoms with Crippen LogP contribution in [0.25, 0.3) is 21.9 Å². The quantitative estimate of drug-likeness (QED) is 0.688. The van der Waals surface area contributed by atoms with Gasteiger partial charge in [-0.3, -0.25) is 4.79 Å². The van der Waals surface area contributed by atoms with Crippen LogP contribution in [0.2, 0.25) is 6.55 Å². The van der Waals surface area contributed by atoms with Crippen molar-refractivity contribution in [1.29, 1.82) is 0 Å². The van der Waals surface area contributed by atoms with E-state index in [9.17, 15) is 9.26 Å². The molecule has 0 radical (unpaired) electrons. The molecule has 4 nitrogen and oxygen atoms in total. The van der Waals surface area contributed by atoms with Crippen LogP contribution in [0.15, 0.2) is 53.5 Å². The van der Waals surface area contributed by atoms with Gasteiger partial charge in [0.2, 0.25) is 0 Å². The monoisotopic (exact) mass is 337 g/mol. The predicted octanol–water partition coefficient (Wildman–Crippen LogP) is 2.86. The third kappa shape index (κ3) is 2.83. The molecule has 0 bridgehead atoms. The number of nitrogens with zero attached hydrogens (tertiary/aromatic N) is 1. The van der Waals surface area contributed by atoms with Gasteiger partial charge in [0.05, 0.1) is 6.61 Å². The molecule has 2 aromatic carbocycles. The highest BCUT2D eigenvalue weighted by Crippen LogP contribution is 2.33. The second-order valence-electron chi connectivity index (χ2n) is 5.70. The van der Waals surface area contributed by atoms with Crippen LogP contribution in [-0.2, 0) is 11.5 Å². The third-order valence-electron chi connectivity index (χ3n) is 4.07. The van der Waals surface area contributed by atoms with Gasteiger partial charge in [-0.15, -0.1) is 0 Å². The number of pyridine rings is 1. The van der Waals surface area contributed by atoms with Crippen molar-refractivity contribution in [3.63, 3.8) is 0 Å². The van der Waals surface area contributed by atoms with Gasteiger partial charge >= 0.3 is 8.68 Å². The molecule has 122 valence electrons. The molecule has 0 spiro atoms. The normalized spacial score (nSPS) is 10.8. The Labute approximate surface area is 142 Å². The first kappa shape index (κ1) is 16.3. The Morgan fingerprint density at radius 1 is 1.08 bits per heavy atom. The average molecular weight is 337 g/mol. The Balaban J connectivity index is 2.38. The maximum absolute atomic E-state index is 12.4. The first-order valence-electron chi connectivity index (χ1n) is 7.89. The molecule has 0 atom stereocenters. The molecule has 0 N–H and O–H groups in total. The second-order valence-corrected chi connectivity index (χ2v) is 7.39. The van der Waals surface area contributed by atoms with Crippen LogP contribution in [0.1, 0.15) is 6.92 Å². The third-order valence-corrected chi connectivity index (χ3v) is 5.19. The van der Waals surface area contributed by atoms with Crippen molar-refractivity contribution in [2.24, 2.45) is 7.05 Å². The van der Waals surface area contributed by atoms with E-state index in [0.29, 0.717) is 12.0 Å². The van der Waals surface area contributed by atoms with E-state index < -0.39 is 8.68 Å². The second kappa shape index (κ2) is 6.53. The molecule has 1 heterocycles. The molecule has 1 aromatic heterocycles. The van der Waals surface area contributed by atoms with Crippen molar-refractivity contribution >= 4 is 24.6 Å². The minimum Gasteiger partial charge on any atom is -0.493 e. The number of fused-ring (bicyclic) bond motifs is 1. The molecule has 0 saturated carbocycles. The molecule has 0 aliphatic rings. The van der Waals surface area contributed by atoms with Crippen molar-refractivity contribution < 1.29 is 9.20 Å². The fourth-order valence-corrected chi connectivity index (χ4v) is 3.54. The van der Waals surface area contributed by atoms with Gasteiger partial charge in [-0.2, -0.15) is 0 Å². The molecule has 0 amide bonds. The van der Waals surface area contributed by atoms with Crippen LogP contribution in [0.4, 0.5) is 0 Å². The van der Waals surface area contributed by atoms with Gasteiger partial charge in [0.15, 0.2) is 0 Å². The zero-order valence-electron chi connectivity index (χ0n) is 14.0. The van der Waals surface area contributed by atoms with E-state index in [1.807, 2.05) is 55.6 Å². The molecule has 3 rings (SSSR count). The molecule has 0 saturated heterocycles. The fourth-order valence-electron chi connectivity index (χ4n) is 2.87. The Morgan fingerprint density at radius 2 is 1.79 bits per heavy atom. The number of ether oxygens (including phenoxy) is 1. The molecular formula is C19H19NO3Si. The molecule has 3 aromatic rings. The molecular weight excluding hydrogens is 318 g/mol. The van der Waals surface area contributed by atoms with Crippen LogP contribution in [0.3, 0.4) is 0 Å². The van der Waals surface area contributed by atoms with E-state index in [-0.39, 0.29) is 5.56 Å². The predicted molar refractivity (Wildman–Crippen MR) is 97.7 cm³/mol. The van der Waals surface area contributed by atoms with Crippen molar-refractivity contribution in [3.05, 3.63) is 59.0 Å². The highest BCUT2D eigenvalue weighted by molar-refractivity contribution is 6.58. The summed E-state index contributed by atoms with van der Waals surface area (Å²) in [6, 6.07) is 13.2. The maximum Gasteiger partial charge on any atom is 0.308 e. The number of hydrogen-bond acceptors (Lipinski definition) is 3. The van der Waals surface area contributed by atoms with Crippen LogP contribution >= 0.6 is 0 Å². The molecule has 0 aliphatic heterocycles. The molecule has 0 aliphatic carbocycles. The van der Waals surface area contributed by atoms with Gasteiger partial charge in [0.25, 0.3) is 5.56 Å². The zero-order chi connectivity index (χ0) is 17.3. The van der Waals surface area contributed by atoms with Crippen LogP contribution < -0.4 is 15.5 Å². The molecule has 24 heavy (non-hydrogen) atoms. The van der Waals surface area contributed by atoms with Gasteiger partial charge in [-0.25, -0.2) is 0 Å². The van der Waals surface area contributed by atoms with E-state index in [2.05, 4.69) is 0 Å². The first-order valence-corrected chi connectivity index (χ1v) is 9.80. The van der Waals surface area contributed by atoms with Gasteiger partial charge < -0.3 is 13.8 Å². The van der Waals surface area contributed by atoms with E-state index >= 15 is 0 Å². The van der Waals surface area contributed by atoms with E-state index in [1.54, 1.807) is 18.2 Å². The summed E-state index contributed by atoms with van der Waals surface area (Å²) in [6.07, 6.45) is 1.82. The number of aromatic nitrogens is 1. The molecule has 0 unspecified atom stereocenters. The molecule has 0 fully saturated rings. The van der Waals surface area contributed by atoms with E-state index in [0.717, 1.165) is 27.4 Å². The minimum atomic E-state index is -1.82. The highest BCUT2D eigenvalue weighted by Gasteiger charge is 2.15. The van der Waals surface area contributed by atoms with Gasteiger partial charge in [0, 0.05) is 29.8 Å². The lowest BCUT2D eigenvalue weighted by Crippen LogP contribution is -2.19.